The number of hydrogen-bond acceptors (Lipinski definition) is 4. The molecule has 4 heteroatoms. The molecule has 146 valence electrons. The second-order valence-corrected chi connectivity index (χ2v) is 7.26. The van der Waals surface area contributed by atoms with Crippen LogP contribution in [0.5, 0.6) is 0 Å². The summed E-state index contributed by atoms with van der Waals surface area (Å²) in [6, 6.07) is 0.291. The molecule has 0 aromatic rings. The van der Waals surface area contributed by atoms with Crippen LogP contribution < -0.4 is 22.9 Å². The van der Waals surface area contributed by atoms with Gasteiger partial charge in [0.05, 0.1) is 0 Å². The smallest absolute Gasteiger partial charge is 0.00758 e. The highest BCUT2D eigenvalue weighted by molar-refractivity contribution is 4.91. The molecule has 0 amide bonds. The lowest BCUT2D eigenvalue weighted by molar-refractivity contribution is 0.228. The van der Waals surface area contributed by atoms with E-state index in [0.717, 1.165) is 51.7 Å². The van der Waals surface area contributed by atoms with E-state index in [1.807, 2.05) is 6.92 Å². The molecule has 0 fully saturated rings. The maximum atomic E-state index is 5.86. The lowest BCUT2D eigenvalue weighted by Crippen LogP contribution is -2.30. The summed E-state index contributed by atoms with van der Waals surface area (Å²) in [4.78, 5) is 0. The van der Waals surface area contributed by atoms with Crippen LogP contribution in [-0.4, -0.2) is 25.7 Å². The Morgan fingerprint density at radius 3 is 1.96 bits per heavy atom. The SMILES string of the molecule is C=C(C)CC(N)CCCCN.CCCCC(CC)(CN)CCCN. The Morgan fingerprint density at radius 1 is 0.958 bits per heavy atom. The Balaban J connectivity index is 0. The number of unbranched alkanes of at least 4 members (excludes halogenated alkanes) is 2. The van der Waals surface area contributed by atoms with E-state index in [0.29, 0.717) is 11.5 Å². The molecular weight excluding hydrogens is 296 g/mol. The van der Waals surface area contributed by atoms with Gasteiger partial charge in [0.2, 0.25) is 0 Å². The zero-order valence-corrected chi connectivity index (χ0v) is 16.8. The number of hydrogen-bond donors (Lipinski definition) is 4. The maximum absolute atomic E-state index is 5.86. The van der Waals surface area contributed by atoms with Crippen molar-refractivity contribution in [3.8, 4) is 0 Å². The van der Waals surface area contributed by atoms with Crippen LogP contribution in [0.4, 0.5) is 0 Å². The van der Waals surface area contributed by atoms with Gasteiger partial charge in [0.1, 0.15) is 0 Å². The summed E-state index contributed by atoms with van der Waals surface area (Å²) in [5.41, 5.74) is 24.1. The summed E-state index contributed by atoms with van der Waals surface area (Å²) in [5.74, 6) is 0. The van der Waals surface area contributed by atoms with E-state index in [2.05, 4.69) is 20.4 Å². The molecule has 0 bridgehead atoms. The summed E-state index contributed by atoms with van der Waals surface area (Å²) in [5, 5.41) is 0. The highest BCUT2D eigenvalue weighted by Gasteiger charge is 2.24. The maximum Gasteiger partial charge on any atom is 0.00758 e. The Kier molecular flexibility index (Phi) is 18.7. The van der Waals surface area contributed by atoms with E-state index in [4.69, 9.17) is 22.9 Å². The molecule has 8 N–H and O–H groups in total. The van der Waals surface area contributed by atoms with Gasteiger partial charge in [-0.3, -0.25) is 0 Å². The highest BCUT2D eigenvalue weighted by Crippen LogP contribution is 2.32. The third kappa shape index (κ3) is 15.1. The molecule has 0 saturated heterocycles. The molecule has 0 spiro atoms. The van der Waals surface area contributed by atoms with Crippen molar-refractivity contribution in [2.24, 2.45) is 28.3 Å². The second-order valence-electron chi connectivity index (χ2n) is 7.26. The van der Waals surface area contributed by atoms with Crippen molar-refractivity contribution in [3.63, 3.8) is 0 Å². The fourth-order valence-electron chi connectivity index (χ4n) is 2.96. The molecule has 0 aromatic heterocycles. The van der Waals surface area contributed by atoms with Gasteiger partial charge in [-0.15, -0.1) is 6.58 Å². The van der Waals surface area contributed by atoms with Crippen LogP contribution in [0.3, 0.4) is 0 Å². The van der Waals surface area contributed by atoms with Crippen molar-refractivity contribution < 1.29 is 0 Å². The van der Waals surface area contributed by atoms with Crippen LogP contribution >= 0.6 is 0 Å². The van der Waals surface area contributed by atoms with Crippen molar-refractivity contribution in [2.75, 3.05) is 19.6 Å². The van der Waals surface area contributed by atoms with Crippen LogP contribution in [-0.2, 0) is 0 Å². The lowest BCUT2D eigenvalue weighted by atomic mass is 9.76. The van der Waals surface area contributed by atoms with Crippen molar-refractivity contribution in [2.45, 2.75) is 91.0 Å². The van der Waals surface area contributed by atoms with Gasteiger partial charge in [-0.05, 0) is 76.9 Å². The molecule has 4 nitrogen and oxygen atoms in total. The molecule has 0 aromatic carbocycles. The summed E-state index contributed by atoms with van der Waals surface area (Å²) >= 11 is 0. The van der Waals surface area contributed by atoms with Crippen LogP contribution in [0.1, 0.15) is 85.0 Å². The Bertz CT molecular complexity index is 265. The number of nitrogens with two attached hydrogens (primary N) is 4. The molecule has 2 atom stereocenters. The highest BCUT2D eigenvalue weighted by atomic mass is 14.6. The van der Waals surface area contributed by atoms with E-state index in [1.54, 1.807) is 0 Å². The van der Waals surface area contributed by atoms with Crippen molar-refractivity contribution in [3.05, 3.63) is 12.2 Å². The topological polar surface area (TPSA) is 104 Å². The van der Waals surface area contributed by atoms with Crippen molar-refractivity contribution in [1.29, 1.82) is 0 Å². The molecule has 0 saturated carbocycles. The Morgan fingerprint density at radius 2 is 1.54 bits per heavy atom. The fourth-order valence-corrected chi connectivity index (χ4v) is 2.96. The van der Waals surface area contributed by atoms with Gasteiger partial charge < -0.3 is 22.9 Å². The first-order chi connectivity index (χ1) is 11.4. The van der Waals surface area contributed by atoms with E-state index in [1.165, 1.54) is 37.7 Å². The van der Waals surface area contributed by atoms with Gasteiger partial charge in [0.15, 0.2) is 0 Å². The van der Waals surface area contributed by atoms with E-state index in [-0.39, 0.29) is 0 Å². The predicted molar refractivity (Wildman–Crippen MR) is 110 cm³/mol. The summed E-state index contributed by atoms with van der Waals surface area (Å²) in [6.07, 6.45) is 11.6. The van der Waals surface area contributed by atoms with Crippen LogP contribution in [0.2, 0.25) is 0 Å². The fraction of sp³-hybridized carbons (Fsp3) is 0.900. The minimum Gasteiger partial charge on any atom is -0.330 e. The normalized spacial score (nSPS) is 14.5. The molecule has 2 unspecified atom stereocenters. The first-order valence-corrected chi connectivity index (χ1v) is 9.91. The van der Waals surface area contributed by atoms with Crippen LogP contribution in [0, 0.1) is 5.41 Å². The zero-order chi connectivity index (χ0) is 18.8. The van der Waals surface area contributed by atoms with Gasteiger partial charge in [-0.1, -0.05) is 38.7 Å². The molecule has 0 rings (SSSR count). The zero-order valence-electron chi connectivity index (χ0n) is 16.8. The third-order valence-electron chi connectivity index (χ3n) is 4.79. The molecule has 0 radical (unpaired) electrons. The largest absolute Gasteiger partial charge is 0.330 e. The van der Waals surface area contributed by atoms with Gasteiger partial charge in [-0.2, -0.15) is 0 Å². The summed E-state index contributed by atoms with van der Waals surface area (Å²) in [6.45, 7) is 12.7. The number of rotatable bonds is 14. The summed E-state index contributed by atoms with van der Waals surface area (Å²) < 4.78 is 0. The van der Waals surface area contributed by atoms with Crippen LogP contribution in [0.25, 0.3) is 0 Å². The Hall–Kier alpha value is -0.420. The molecule has 0 aliphatic heterocycles. The second kappa shape index (κ2) is 17.4. The van der Waals surface area contributed by atoms with E-state index < -0.39 is 0 Å². The minimum atomic E-state index is 0.291. The standard InChI is InChI=1S/C11H26N2.C9H20N2/c1-3-5-7-11(4-2,10-13)8-6-9-12;1-8(2)7-9(11)5-3-4-6-10/h3-10,12-13H2,1-2H3;9H,1,3-7,10-11H2,2H3. The average molecular weight is 343 g/mol. The van der Waals surface area contributed by atoms with Crippen LogP contribution in [0.15, 0.2) is 12.2 Å². The lowest BCUT2D eigenvalue weighted by Gasteiger charge is -2.31. The van der Waals surface area contributed by atoms with Gasteiger partial charge in [-0.25, -0.2) is 0 Å². The minimum absolute atomic E-state index is 0.291. The van der Waals surface area contributed by atoms with E-state index in [9.17, 15) is 0 Å². The molecule has 0 aliphatic rings. The van der Waals surface area contributed by atoms with Crippen molar-refractivity contribution in [1.82, 2.24) is 0 Å². The van der Waals surface area contributed by atoms with Gasteiger partial charge in [0.25, 0.3) is 0 Å². The Labute approximate surface area is 151 Å². The molecule has 24 heavy (non-hydrogen) atoms. The summed E-state index contributed by atoms with van der Waals surface area (Å²) in [7, 11) is 0. The molecule has 0 heterocycles. The third-order valence-corrected chi connectivity index (χ3v) is 4.79. The van der Waals surface area contributed by atoms with Crippen molar-refractivity contribution >= 4 is 0 Å². The average Bonchev–Trinajstić information content (AvgIpc) is 2.56. The van der Waals surface area contributed by atoms with E-state index >= 15 is 0 Å². The van der Waals surface area contributed by atoms with Gasteiger partial charge in [0, 0.05) is 6.04 Å². The first-order valence-electron chi connectivity index (χ1n) is 9.91. The molecular formula is C20H46N4. The monoisotopic (exact) mass is 342 g/mol. The molecule has 0 aliphatic carbocycles. The quantitative estimate of drug-likeness (QED) is 0.285. The first kappa shape index (κ1) is 25.8. The predicted octanol–water partition coefficient (Wildman–Crippen LogP) is 3.68. The van der Waals surface area contributed by atoms with Gasteiger partial charge >= 0.3 is 0 Å².